The monoisotopic (exact) mass is 206 g/mol. The predicted molar refractivity (Wildman–Crippen MR) is 66.8 cm³/mol. The molecule has 16 heavy (non-hydrogen) atoms. The fourth-order valence-electron chi connectivity index (χ4n) is 2.10. The average Bonchev–Trinajstić information content (AvgIpc) is 2.45. The zero-order valence-electron chi connectivity index (χ0n) is 8.68. The molecule has 0 spiro atoms. The Kier molecular flexibility index (Phi) is 1.97. The van der Waals surface area contributed by atoms with E-state index in [1.165, 1.54) is 0 Å². The highest BCUT2D eigenvalue weighted by Gasteiger charge is 2.08. The highest BCUT2D eigenvalue weighted by Crippen LogP contribution is 2.30. The molecule has 2 aliphatic carbocycles. The number of hydrogen-bond acceptors (Lipinski definition) is 1. The first-order valence-electron chi connectivity index (χ1n) is 5.27. The summed E-state index contributed by atoms with van der Waals surface area (Å²) in [6, 6.07) is 19.3. The van der Waals surface area contributed by atoms with Crippen LogP contribution in [0.3, 0.4) is 0 Å². The van der Waals surface area contributed by atoms with E-state index in [1.54, 1.807) is 12.1 Å². The molecule has 1 heteroatoms. The Hall–Kier alpha value is -2.15. The molecule has 0 aromatic heterocycles. The van der Waals surface area contributed by atoms with E-state index < -0.39 is 0 Å². The summed E-state index contributed by atoms with van der Waals surface area (Å²) in [5.41, 5.74) is 2.23. The first kappa shape index (κ1) is 9.10. The minimum Gasteiger partial charge on any atom is -0.289 e. The van der Waals surface area contributed by atoms with Gasteiger partial charge in [0.05, 0.1) is 0 Å². The second-order valence-corrected chi connectivity index (χ2v) is 3.84. The van der Waals surface area contributed by atoms with Crippen LogP contribution in [0, 0.1) is 0 Å². The lowest BCUT2D eigenvalue weighted by Gasteiger charge is -1.89. The molecular formula is C15H10O. The van der Waals surface area contributed by atoms with Gasteiger partial charge in [-0.2, -0.15) is 0 Å². The molecule has 0 fully saturated rings. The van der Waals surface area contributed by atoms with Crippen molar-refractivity contribution in [2.75, 3.05) is 0 Å². The zero-order valence-corrected chi connectivity index (χ0v) is 8.68. The summed E-state index contributed by atoms with van der Waals surface area (Å²) in [5, 5.41) is 1.83. The third kappa shape index (κ3) is 1.29. The Morgan fingerprint density at radius 2 is 1.50 bits per heavy atom. The molecule has 1 nitrogen and oxygen atoms in total. The van der Waals surface area contributed by atoms with Crippen LogP contribution in [0.25, 0.3) is 21.9 Å². The number of fused-ring (bicyclic) bond motifs is 3. The highest BCUT2D eigenvalue weighted by molar-refractivity contribution is 6.01. The van der Waals surface area contributed by atoms with Gasteiger partial charge in [-0.05, 0) is 28.6 Å². The normalized spacial score (nSPS) is 10.8. The third-order valence-corrected chi connectivity index (χ3v) is 2.82. The summed E-state index contributed by atoms with van der Waals surface area (Å²) in [4.78, 5) is 12.0. The van der Waals surface area contributed by atoms with Gasteiger partial charge in [0.15, 0.2) is 5.43 Å². The van der Waals surface area contributed by atoms with Crippen LogP contribution in [0.4, 0.5) is 0 Å². The van der Waals surface area contributed by atoms with Gasteiger partial charge in [0.25, 0.3) is 0 Å². The smallest absolute Gasteiger partial charge is 0.187 e. The molecule has 0 atom stereocenters. The van der Waals surface area contributed by atoms with Crippen molar-refractivity contribution in [2.45, 2.75) is 0 Å². The summed E-state index contributed by atoms with van der Waals surface area (Å²) in [7, 11) is 0. The van der Waals surface area contributed by atoms with Crippen LogP contribution in [-0.4, -0.2) is 0 Å². The Bertz CT molecular complexity index is 685. The van der Waals surface area contributed by atoms with Gasteiger partial charge in [0.1, 0.15) is 0 Å². The van der Waals surface area contributed by atoms with E-state index in [1.807, 2.05) is 42.5 Å². The Labute approximate surface area is 93.3 Å². The topological polar surface area (TPSA) is 17.1 Å². The summed E-state index contributed by atoms with van der Waals surface area (Å²) < 4.78 is 0. The van der Waals surface area contributed by atoms with Gasteiger partial charge in [-0.15, -0.1) is 0 Å². The van der Waals surface area contributed by atoms with Crippen molar-refractivity contribution in [3.05, 3.63) is 70.9 Å². The molecule has 0 aliphatic heterocycles. The van der Waals surface area contributed by atoms with Gasteiger partial charge in [-0.25, -0.2) is 0 Å². The van der Waals surface area contributed by atoms with E-state index in [-0.39, 0.29) is 5.43 Å². The summed E-state index contributed by atoms with van der Waals surface area (Å²) in [6.07, 6.45) is 0. The molecular weight excluding hydrogens is 196 g/mol. The predicted octanol–water partition coefficient (Wildman–Crippen LogP) is 3.30. The molecule has 0 N–H and O–H groups in total. The minimum atomic E-state index is 0.0844. The van der Waals surface area contributed by atoms with Gasteiger partial charge >= 0.3 is 0 Å². The van der Waals surface area contributed by atoms with Gasteiger partial charge in [-0.3, -0.25) is 4.79 Å². The maximum absolute atomic E-state index is 12.0. The van der Waals surface area contributed by atoms with Gasteiger partial charge in [-0.1, -0.05) is 48.5 Å². The van der Waals surface area contributed by atoms with Crippen LogP contribution < -0.4 is 5.43 Å². The molecule has 0 amide bonds. The van der Waals surface area contributed by atoms with Crippen molar-refractivity contribution in [3.63, 3.8) is 0 Å². The maximum Gasteiger partial charge on any atom is 0.187 e. The third-order valence-electron chi connectivity index (χ3n) is 2.82. The molecule has 1 aromatic rings. The van der Waals surface area contributed by atoms with Crippen LogP contribution in [0.5, 0.6) is 0 Å². The minimum absolute atomic E-state index is 0.0844. The molecule has 0 saturated heterocycles. The highest BCUT2D eigenvalue weighted by atomic mass is 16.1. The van der Waals surface area contributed by atoms with Crippen molar-refractivity contribution < 1.29 is 0 Å². The first-order valence-corrected chi connectivity index (χ1v) is 5.27. The molecule has 0 heterocycles. The molecule has 3 rings (SSSR count). The molecule has 1 aromatic carbocycles. The molecule has 76 valence electrons. The van der Waals surface area contributed by atoms with Crippen LogP contribution >= 0.6 is 0 Å². The van der Waals surface area contributed by atoms with Crippen molar-refractivity contribution in [1.29, 1.82) is 0 Å². The summed E-state index contributed by atoms with van der Waals surface area (Å²) in [5.74, 6) is 0. The lowest BCUT2D eigenvalue weighted by atomic mass is 10.1. The summed E-state index contributed by atoms with van der Waals surface area (Å²) >= 11 is 0. The maximum atomic E-state index is 12.0. The van der Waals surface area contributed by atoms with Crippen molar-refractivity contribution >= 4 is 10.8 Å². The average molecular weight is 206 g/mol. The molecule has 0 unspecified atom stereocenters. The fourth-order valence-corrected chi connectivity index (χ4v) is 2.10. The largest absolute Gasteiger partial charge is 0.289 e. The zero-order chi connectivity index (χ0) is 11.0. The van der Waals surface area contributed by atoms with E-state index >= 15 is 0 Å². The van der Waals surface area contributed by atoms with Crippen LogP contribution in [0.15, 0.2) is 65.5 Å². The van der Waals surface area contributed by atoms with E-state index in [9.17, 15) is 4.79 Å². The second kappa shape index (κ2) is 3.46. The molecule has 0 radical (unpaired) electrons. The second-order valence-electron chi connectivity index (χ2n) is 3.84. The van der Waals surface area contributed by atoms with Gasteiger partial charge in [0.2, 0.25) is 0 Å². The molecule has 0 saturated carbocycles. The number of rotatable bonds is 0. The van der Waals surface area contributed by atoms with Crippen LogP contribution in [0.2, 0.25) is 0 Å². The Balaban J connectivity index is 2.62. The van der Waals surface area contributed by atoms with Crippen LogP contribution in [0.1, 0.15) is 0 Å². The van der Waals surface area contributed by atoms with Crippen molar-refractivity contribution in [2.24, 2.45) is 0 Å². The molecule has 2 aliphatic rings. The summed E-state index contributed by atoms with van der Waals surface area (Å²) in [6.45, 7) is 0. The van der Waals surface area contributed by atoms with Gasteiger partial charge in [0, 0.05) is 5.39 Å². The van der Waals surface area contributed by atoms with E-state index in [0.717, 1.165) is 21.9 Å². The quantitative estimate of drug-likeness (QED) is 0.551. The van der Waals surface area contributed by atoms with Crippen molar-refractivity contribution in [3.8, 4) is 11.1 Å². The Morgan fingerprint density at radius 3 is 2.44 bits per heavy atom. The van der Waals surface area contributed by atoms with Crippen LogP contribution in [-0.2, 0) is 0 Å². The van der Waals surface area contributed by atoms with Gasteiger partial charge < -0.3 is 0 Å². The van der Waals surface area contributed by atoms with Crippen molar-refractivity contribution in [1.82, 2.24) is 0 Å². The fraction of sp³-hybridized carbons (Fsp3) is 0. The Morgan fingerprint density at radius 1 is 0.750 bits per heavy atom. The van der Waals surface area contributed by atoms with E-state index in [4.69, 9.17) is 0 Å². The van der Waals surface area contributed by atoms with E-state index in [0.29, 0.717) is 0 Å². The lowest BCUT2D eigenvalue weighted by Crippen LogP contribution is -1.93. The molecule has 0 bridgehead atoms. The first-order chi connectivity index (χ1) is 7.86. The number of hydrogen-bond donors (Lipinski definition) is 0. The van der Waals surface area contributed by atoms with E-state index in [2.05, 4.69) is 6.07 Å². The SMILES string of the molecule is O=c1ccccc2cc3cccccc-3c12. The lowest BCUT2D eigenvalue weighted by molar-refractivity contribution is 1.73. The standard InChI is InChI=1S/C15H10O/c16-14-9-5-4-7-12-10-11-6-2-1-3-8-13(11)15(12)14/h1-10H.